The number of carbonyl (C=O) groups is 1. The molecule has 1 aliphatic heterocycles. The van der Waals surface area contributed by atoms with Gasteiger partial charge in [-0.05, 0) is 54.8 Å². The second-order valence-corrected chi connectivity index (χ2v) is 7.67. The summed E-state index contributed by atoms with van der Waals surface area (Å²) in [4.78, 5) is 23.6. The maximum absolute atomic E-state index is 13.5. The molecule has 0 bridgehead atoms. The Labute approximate surface area is 159 Å². The minimum atomic E-state index is -0.931. The standard InChI is InChI=1S/C17H20BrFN2O5/c1-17(2,3)26-16(22)20-6-4-11(5-7-20)10-25-15-9-14(21(23)24)13(19)8-12(15)18/h4,8-9H,5-7,10H2,1-3H3. The third-order valence-corrected chi connectivity index (χ3v) is 4.19. The van der Waals surface area contributed by atoms with Gasteiger partial charge in [0.1, 0.15) is 18.0 Å². The number of halogens is 2. The lowest BCUT2D eigenvalue weighted by Gasteiger charge is -2.29. The van der Waals surface area contributed by atoms with Crippen molar-refractivity contribution < 1.29 is 23.6 Å². The molecule has 2 rings (SSSR count). The van der Waals surface area contributed by atoms with Crippen LogP contribution in [0.15, 0.2) is 28.3 Å². The highest BCUT2D eigenvalue weighted by Gasteiger charge is 2.24. The largest absolute Gasteiger partial charge is 0.488 e. The van der Waals surface area contributed by atoms with Crippen LogP contribution in [0.25, 0.3) is 0 Å². The van der Waals surface area contributed by atoms with Gasteiger partial charge in [0.05, 0.1) is 15.5 Å². The number of amides is 1. The quantitative estimate of drug-likeness (QED) is 0.400. The molecule has 7 nitrogen and oxygen atoms in total. The summed E-state index contributed by atoms with van der Waals surface area (Å²) in [6.45, 7) is 6.52. The van der Waals surface area contributed by atoms with Crippen molar-refractivity contribution >= 4 is 27.7 Å². The molecule has 1 aliphatic rings. The smallest absolute Gasteiger partial charge is 0.410 e. The maximum Gasteiger partial charge on any atom is 0.410 e. The van der Waals surface area contributed by atoms with E-state index in [2.05, 4.69) is 15.9 Å². The molecule has 0 atom stereocenters. The number of nitro benzene ring substituents is 1. The molecule has 0 fully saturated rings. The number of ether oxygens (including phenoxy) is 2. The summed E-state index contributed by atoms with van der Waals surface area (Å²) in [6.07, 6.45) is 2.09. The van der Waals surface area contributed by atoms with E-state index >= 15 is 0 Å². The van der Waals surface area contributed by atoms with E-state index in [1.165, 1.54) is 0 Å². The van der Waals surface area contributed by atoms with Crippen molar-refractivity contribution in [1.82, 2.24) is 4.90 Å². The molecule has 9 heteroatoms. The van der Waals surface area contributed by atoms with Crippen molar-refractivity contribution in [2.45, 2.75) is 32.8 Å². The van der Waals surface area contributed by atoms with Crippen molar-refractivity contribution in [2.24, 2.45) is 0 Å². The molecule has 0 unspecified atom stereocenters. The Kier molecular flexibility index (Phi) is 6.22. The van der Waals surface area contributed by atoms with Gasteiger partial charge in [-0.2, -0.15) is 4.39 Å². The average molecular weight is 431 g/mol. The molecule has 0 saturated carbocycles. The van der Waals surface area contributed by atoms with Crippen molar-refractivity contribution in [1.29, 1.82) is 0 Å². The van der Waals surface area contributed by atoms with E-state index < -0.39 is 22.0 Å². The molecule has 0 aromatic heterocycles. The summed E-state index contributed by atoms with van der Waals surface area (Å²) in [6, 6.07) is 2.06. The summed E-state index contributed by atoms with van der Waals surface area (Å²) in [5, 5.41) is 10.8. The highest BCUT2D eigenvalue weighted by molar-refractivity contribution is 9.10. The van der Waals surface area contributed by atoms with Crippen molar-refractivity contribution in [3.8, 4) is 5.75 Å². The van der Waals surface area contributed by atoms with Crippen LogP contribution in [0.1, 0.15) is 27.2 Å². The highest BCUT2D eigenvalue weighted by Crippen LogP contribution is 2.32. The van der Waals surface area contributed by atoms with Crippen LogP contribution in [-0.4, -0.2) is 41.2 Å². The Morgan fingerprint density at radius 1 is 1.42 bits per heavy atom. The van der Waals surface area contributed by atoms with Crippen molar-refractivity contribution in [3.63, 3.8) is 0 Å². The van der Waals surface area contributed by atoms with Gasteiger partial charge in [0, 0.05) is 13.1 Å². The molecule has 0 spiro atoms. The summed E-state index contributed by atoms with van der Waals surface area (Å²) in [7, 11) is 0. The second-order valence-electron chi connectivity index (χ2n) is 6.82. The van der Waals surface area contributed by atoms with E-state index in [1.54, 1.807) is 4.90 Å². The third kappa shape index (κ3) is 5.42. The van der Waals surface area contributed by atoms with Crippen molar-refractivity contribution in [3.05, 3.63) is 44.2 Å². The normalized spacial score (nSPS) is 14.7. The zero-order valence-electron chi connectivity index (χ0n) is 14.8. The van der Waals surface area contributed by atoms with Gasteiger partial charge in [-0.1, -0.05) is 6.08 Å². The zero-order valence-corrected chi connectivity index (χ0v) is 16.3. The Balaban J connectivity index is 1.96. The fraction of sp³-hybridized carbons (Fsp3) is 0.471. The van der Waals surface area contributed by atoms with E-state index in [0.717, 1.165) is 17.7 Å². The Morgan fingerprint density at radius 2 is 2.12 bits per heavy atom. The minimum Gasteiger partial charge on any atom is -0.488 e. The molecule has 0 aliphatic carbocycles. The number of hydrogen-bond acceptors (Lipinski definition) is 5. The monoisotopic (exact) mass is 430 g/mol. The van der Waals surface area contributed by atoms with Gasteiger partial charge in [-0.15, -0.1) is 0 Å². The predicted molar refractivity (Wildman–Crippen MR) is 96.8 cm³/mol. The molecule has 0 N–H and O–H groups in total. The molecular weight excluding hydrogens is 411 g/mol. The molecule has 26 heavy (non-hydrogen) atoms. The second kappa shape index (κ2) is 8.03. The van der Waals surface area contributed by atoms with Crippen LogP contribution >= 0.6 is 15.9 Å². The maximum atomic E-state index is 13.5. The highest BCUT2D eigenvalue weighted by atomic mass is 79.9. The Hall–Kier alpha value is -2.16. The Bertz CT molecular complexity index is 745. The summed E-state index contributed by atoms with van der Waals surface area (Å²) >= 11 is 3.14. The first-order valence-corrected chi connectivity index (χ1v) is 8.78. The molecule has 0 saturated heterocycles. The summed E-state index contributed by atoms with van der Waals surface area (Å²) in [5.74, 6) is -0.743. The molecule has 1 aromatic carbocycles. The van der Waals surface area contributed by atoms with Gasteiger partial charge < -0.3 is 14.4 Å². The number of rotatable bonds is 4. The number of nitrogens with zero attached hydrogens (tertiary/aromatic N) is 2. The first-order chi connectivity index (χ1) is 12.1. The number of hydrogen-bond donors (Lipinski definition) is 0. The fourth-order valence-electron chi connectivity index (χ4n) is 2.27. The lowest BCUT2D eigenvalue weighted by Crippen LogP contribution is -2.39. The van der Waals surface area contributed by atoms with Gasteiger partial charge in [-0.25, -0.2) is 4.79 Å². The molecule has 142 valence electrons. The SMILES string of the molecule is CC(C)(C)OC(=O)N1CC=C(COc2cc([N+](=O)[O-])c(F)cc2Br)CC1. The molecule has 1 aromatic rings. The minimum absolute atomic E-state index is 0.188. The lowest BCUT2D eigenvalue weighted by molar-refractivity contribution is -0.387. The summed E-state index contributed by atoms with van der Waals surface area (Å²) in [5.41, 5.74) is -0.242. The van der Waals surface area contributed by atoms with Gasteiger partial charge >= 0.3 is 11.8 Å². The Morgan fingerprint density at radius 3 is 2.65 bits per heavy atom. The predicted octanol–water partition coefficient (Wildman–Crippen LogP) is 4.44. The van der Waals surface area contributed by atoms with Crippen LogP contribution in [0.2, 0.25) is 0 Å². The van der Waals surface area contributed by atoms with E-state index in [1.807, 2.05) is 26.8 Å². The van der Waals surface area contributed by atoms with E-state index in [4.69, 9.17) is 9.47 Å². The van der Waals surface area contributed by atoms with Crippen molar-refractivity contribution in [2.75, 3.05) is 19.7 Å². The van der Waals surface area contributed by atoms with Crippen LogP contribution in [0, 0.1) is 15.9 Å². The number of carbonyl (C=O) groups excluding carboxylic acids is 1. The summed E-state index contributed by atoms with van der Waals surface area (Å²) < 4.78 is 24.7. The van der Waals surface area contributed by atoms with Crippen LogP contribution in [-0.2, 0) is 4.74 Å². The van der Waals surface area contributed by atoms with Crippen LogP contribution < -0.4 is 4.74 Å². The zero-order chi connectivity index (χ0) is 19.5. The topological polar surface area (TPSA) is 81.9 Å². The molecule has 0 radical (unpaired) electrons. The van der Waals surface area contributed by atoms with E-state index in [0.29, 0.717) is 24.0 Å². The molecule has 1 heterocycles. The molecule has 1 amide bonds. The fourth-order valence-corrected chi connectivity index (χ4v) is 2.70. The van der Waals surface area contributed by atoms with Gasteiger partial charge in [-0.3, -0.25) is 10.1 Å². The number of benzene rings is 1. The third-order valence-electron chi connectivity index (χ3n) is 3.57. The van der Waals surface area contributed by atoms with Gasteiger partial charge in [0.15, 0.2) is 0 Å². The van der Waals surface area contributed by atoms with Crippen LogP contribution in [0.3, 0.4) is 0 Å². The lowest BCUT2D eigenvalue weighted by atomic mass is 10.1. The molecular formula is C17H20BrFN2O5. The van der Waals surface area contributed by atoms with Crippen LogP contribution in [0.5, 0.6) is 5.75 Å². The number of nitro groups is 1. The first-order valence-electron chi connectivity index (χ1n) is 7.99. The average Bonchev–Trinajstić information content (AvgIpc) is 2.52. The van der Waals surface area contributed by atoms with Crippen LogP contribution in [0.4, 0.5) is 14.9 Å². The van der Waals surface area contributed by atoms with E-state index in [-0.39, 0.29) is 18.4 Å². The van der Waals surface area contributed by atoms with Gasteiger partial charge in [0.2, 0.25) is 5.82 Å². The van der Waals surface area contributed by atoms with Gasteiger partial charge in [0.25, 0.3) is 0 Å². The van der Waals surface area contributed by atoms with E-state index in [9.17, 15) is 19.3 Å². The first kappa shape index (κ1) is 20.2.